The quantitative estimate of drug-likeness (QED) is 0.532. The molecule has 8 heavy (non-hydrogen) atoms. The van der Waals surface area contributed by atoms with E-state index in [4.69, 9.17) is 10.2 Å². The second kappa shape index (κ2) is 3.50. The minimum Gasteiger partial charge on any atom is -0.513 e. The van der Waals surface area contributed by atoms with E-state index in [1.165, 1.54) is 6.08 Å². The van der Waals surface area contributed by atoms with Gasteiger partial charge in [0.25, 0.3) is 0 Å². The van der Waals surface area contributed by atoms with Gasteiger partial charge in [0.2, 0.25) is 0 Å². The highest BCUT2D eigenvalue weighted by Gasteiger charge is 1.90. The van der Waals surface area contributed by atoms with Gasteiger partial charge in [0.05, 0.1) is 11.9 Å². The van der Waals surface area contributed by atoms with Gasteiger partial charge in [-0.25, -0.2) is 0 Å². The Morgan fingerprint density at radius 1 is 1.75 bits per heavy atom. The molecule has 2 nitrogen and oxygen atoms in total. The minimum absolute atomic E-state index is 0.250. The molecule has 2 N–H and O–H groups in total. The van der Waals surface area contributed by atoms with Crippen LogP contribution in [0.5, 0.6) is 0 Å². The van der Waals surface area contributed by atoms with Gasteiger partial charge < -0.3 is 10.2 Å². The van der Waals surface area contributed by atoms with Gasteiger partial charge in [0.1, 0.15) is 0 Å². The topological polar surface area (TPSA) is 40.5 Å². The van der Waals surface area contributed by atoms with E-state index in [2.05, 4.69) is 0 Å². The van der Waals surface area contributed by atoms with Gasteiger partial charge in [0.15, 0.2) is 0 Å². The zero-order chi connectivity index (χ0) is 6.57. The van der Waals surface area contributed by atoms with Crippen molar-refractivity contribution in [3.05, 3.63) is 11.8 Å². The van der Waals surface area contributed by atoms with Crippen molar-refractivity contribution in [2.75, 3.05) is 0 Å². The maximum atomic E-state index is 8.73. The van der Waals surface area contributed by atoms with Crippen LogP contribution in [0.15, 0.2) is 11.8 Å². The normalized spacial score (nSPS) is 16.1. The summed E-state index contributed by atoms with van der Waals surface area (Å²) in [7, 11) is 0. The van der Waals surface area contributed by atoms with Crippen LogP contribution in [0.4, 0.5) is 0 Å². The number of aliphatic hydroxyl groups excluding tert-OH is 2. The molecule has 2 heteroatoms. The van der Waals surface area contributed by atoms with Crippen molar-refractivity contribution in [1.29, 1.82) is 0 Å². The maximum absolute atomic E-state index is 8.73. The van der Waals surface area contributed by atoms with Crippen molar-refractivity contribution in [3.8, 4) is 0 Å². The summed E-state index contributed by atoms with van der Waals surface area (Å²) in [5.41, 5.74) is 0. The van der Waals surface area contributed by atoms with Crippen LogP contribution in [-0.2, 0) is 0 Å². The van der Waals surface area contributed by atoms with E-state index < -0.39 is 6.10 Å². The van der Waals surface area contributed by atoms with Gasteiger partial charge in [-0.15, -0.1) is 0 Å². The number of hydrogen-bond acceptors (Lipinski definition) is 2. The molecule has 0 saturated carbocycles. The standard InChI is InChI=1S/C6H12O2/c1-3-6(8)4-5(2)7/h4-5,7-8H,3H2,1-2H3/b6-4-. The van der Waals surface area contributed by atoms with Gasteiger partial charge in [0, 0.05) is 6.42 Å². The van der Waals surface area contributed by atoms with E-state index in [1.54, 1.807) is 6.92 Å². The lowest BCUT2D eigenvalue weighted by molar-refractivity contribution is 0.236. The van der Waals surface area contributed by atoms with Gasteiger partial charge >= 0.3 is 0 Å². The third-order valence-corrected chi connectivity index (χ3v) is 0.796. The van der Waals surface area contributed by atoms with Crippen LogP contribution >= 0.6 is 0 Å². The van der Waals surface area contributed by atoms with E-state index >= 15 is 0 Å². The molecule has 0 aromatic heterocycles. The molecule has 1 atom stereocenters. The molecule has 0 aromatic rings. The summed E-state index contributed by atoms with van der Waals surface area (Å²) >= 11 is 0. The van der Waals surface area contributed by atoms with Crippen molar-refractivity contribution in [1.82, 2.24) is 0 Å². The largest absolute Gasteiger partial charge is 0.513 e. The molecular weight excluding hydrogens is 104 g/mol. The SMILES string of the molecule is CC/C(O)=C/C(C)O. The Morgan fingerprint density at radius 2 is 2.25 bits per heavy atom. The molecule has 0 aliphatic carbocycles. The Bertz CT molecular complexity index is 84.5. The van der Waals surface area contributed by atoms with E-state index in [9.17, 15) is 0 Å². The molecule has 0 fully saturated rings. The Hall–Kier alpha value is -0.500. The Balaban J connectivity index is 3.56. The van der Waals surface area contributed by atoms with Crippen LogP contribution in [-0.4, -0.2) is 16.3 Å². The first-order valence-electron chi connectivity index (χ1n) is 2.74. The Kier molecular flexibility index (Phi) is 3.28. The molecule has 0 aliphatic rings. The number of aliphatic hydroxyl groups is 2. The van der Waals surface area contributed by atoms with Gasteiger partial charge in [-0.1, -0.05) is 6.92 Å². The molecule has 0 saturated heterocycles. The van der Waals surface area contributed by atoms with E-state index in [0.717, 1.165) is 0 Å². The first-order valence-corrected chi connectivity index (χ1v) is 2.74. The molecule has 0 amide bonds. The predicted molar refractivity (Wildman–Crippen MR) is 32.7 cm³/mol. The lowest BCUT2D eigenvalue weighted by Gasteiger charge is -1.95. The fourth-order valence-corrected chi connectivity index (χ4v) is 0.396. The third-order valence-electron chi connectivity index (χ3n) is 0.796. The highest BCUT2D eigenvalue weighted by molar-refractivity contribution is 4.92. The van der Waals surface area contributed by atoms with Crippen molar-refractivity contribution >= 4 is 0 Å². The van der Waals surface area contributed by atoms with E-state index in [0.29, 0.717) is 6.42 Å². The summed E-state index contributed by atoms with van der Waals surface area (Å²) in [4.78, 5) is 0. The van der Waals surface area contributed by atoms with Crippen LogP contribution in [0.1, 0.15) is 20.3 Å². The van der Waals surface area contributed by atoms with Crippen LogP contribution < -0.4 is 0 Å². The Labute approximate surface area is 49.5 Å². The van der Waals surface area contributed by atoms with Crippen molar-refractivity contribution in [2.24, 2.45) is 0 Å². The summed E-state index contributed by atoms with van der Waals surface area (Å²) in [5.74, 6) is 0.250. The lowest BCUT2D eigenvalue weighted by atomic mass is 10.3. The van der Waals surface area contributed by atoms with Crippen LogP contribution in [0.2, 0.25) is 0 Å². The van der Waals surface area contributed by atoms with Gasteiger partial charge in [-0.05, 0) is 13.0 Å². The molecule has 0 radical (unpaired) electrons. The predicted octanol–water partition coefficient (Wildman–Crippen LogP) is 1.22. The zero-order valence-corrected chi connectivity index (χ0v) is 5.26. The molecule has 0 aliphatic heterocycles. The first-order chi connectivity index (χ1) is 3.66. The fourth-order valence-electron chi connectivity index (χ4n) is 0.396. The summed E-state index contributed by atoms with van der Waals surface area (Å²) in [6.07, 6.45) is 1.47. The highest BCUT2D eigenvalue weighted by Crippen LogP contribution is 1.95. The third kappa shape index (κ3) is 3.68. The molecular formula is C6H12O2. The second-order valence-electron chi connectivity index (χ2n) is 1.75. The fraction of sp³-hybridized carbons (Fsp3) is 0.667. The van der Waals surface area contributed by atoms with Gasteiger partial charge in [-0.3, -0.25) is 0 Å². The number of rotatable bonds is 2. The van der Waals surface area contributed by atoms with Crippen molar-refractivity contribution in [2.45, 2.75) is 26.4 Å². The average Bonchev–Trinajstić information content (AvgIpc) is 1.65. The summed E-state index contributed by atoms with van der Waals surface area (Å²) in [6, 6.07) is 0. The van der Waals surface area contributed by atoms with Gasteiger partial charge in [-0.2, -0.15) is 0 Å². The van der Waals surface area contributed by atoms with Crippen LogP contribution in [0.25, 0.3) is 0 Å². The van der Waals surface area contributed by atoms with Crippen LogP contribution in [0, 0.1) is 0 Å². The molecule has 48 valence electrons. The second-order valence-corrected chi connectivity index (χ2v) is 1.75. The molecule has 0 aromatic carbocycles. The lowest BCUT2D eigenvalue weighted by Crippen LogP contribution is -1.94. The van der Waals surface area contributed by atoms with E-state index in [-0.39, 0.29) is 5.76 Å². The molecule has 0 heterocycles. The molecule has 0 rings (SSSR count). The zero-order valence-electron chi connectivity index (χ0n) is 5.26. The number of allylic oxidation sites excluding steroid dienone is 1. The Morgan fingerprint density at radius 3 is 2.38 bits per heavy atom. The molecule has 0 spiro atoms. The first kappa shape index (κ1) is 7.50. The summed E-state index contributed by atoms with van der Waals surface area (Å²) in [6.45, 7) is 3.43. The minimum atomic E-state index is -0.532. The monoisotopic (exact) mass is 116 g/mol. The maximum Gasteiger partial charge on any atom is 0.0905 e. The smallest absolute Gasteiger partial charge is 0.0905 e. The van der Waals surface area contributed by atoms with Crippen molar-refractivity contribution in [3.63, 3.8) is 0 Å². The van der Waals surface area contributed by atoms with Crippen LogP contribution in [0.3, 0.4) is 0 Å². The molecule has 0 bridgehead atoms. The van der Waals surface area contributed by atoms with E-state index in [1.807, 2.05) is 6.92 Å². The van der Waals surface area contributed by atoms with Crippen molar-refractivity contribution < 1.29 is 10.2 Å². The summed E-state index contributed by atoms with van der Waals surface area (Å²) < 4.78 is 0. The summed E-state index contributed by atoms with van der Waals surface area (Å²) in [5, 5.41) is 17.3. The molecule has 1 unspecified atom stereocenters. The number of hydrogen-bond donors (Lipinski definition) is 2. The average molecular weight is 116 g/mol. The highest BCUT2D eigenvalue weighted by atomic mass is 16.3.